The Balaban J connectivity index is 1.68. The molecule has 2 aliphatic rings. The van der Waals surface area contributed by atoms with Crippen molar-refractivity contribution in [2.45, 2.75) is 25.7 Å². The van der Waals surface area contributed by atoms with E-state index >= 15 is 0 Å². The second-order valence-electron chi connectivity index (χ2n) is 5.87. The molecule has 1 spiro atoms. The van der Waals surface area contributed by atoms with E-state index in [0.717, 1.165) is 32.1 Å². The van der Waals surface area contributed by atoms with E-state index in [9.17, 15) is 0 Å². The zero-order valence-corrected chi connectivity index (χ0v) is 12.1. The van der Waals surface area contributed by atoms with Gasteiger partial charge in [0.15, 0.2) is 0 Å². The maximum Gasteiger partial charge on any atom is 0.238 e. The van der Waals surface area contributed by atoms with Gasteiger partial charge < -0.3 is 20.1 Å². The molecule has 0 bridgehead atoms. The van der Waals surface area contributed by atoms with E-state index in [1.54, 1.807) is 7.11 Å². The van der Waals surface area contributed by atoms with Gasteiger partial charge in [0, 0.05) is 26.3 Å². The number of hydrogen-bond acceptors (Lipinski definition) is 5. The Bertz CT molecular complexity index is 462. The molecule has 0 amide bonds. The number of aromatic nitrogens is 1. The average molecular weight is 277 g/mol. The van der Waals surface area contributed by atoms with Crippen molar-refractivity contribution in [1.82, 2.24) is 4.98 Å². The third-order valence-electron chi connectivity index (χ3n) is 4.77. The van der Waals surface area contributed by atoms with Crippen LogP contribution in [0.1, 0.15) is 25.7 Å². The Morgan fingerprint density at radius 3 is 2.55 bits per heavy atom. The lowest BCUT2D eigenvalue weighted by molar-refractivity contribution is 0.00205. The molecule has 0 aromatic carbocycles. The van der Waals surface area contributed by atoms with Crippen molar-refractivity contribution in [2.75, 3.05) is 44.0 Å². The second kappa shape index (κ2) is 5.48. The SMILES string of the molecule is COc1nc(N2CCC3(CCOCC3)CC2)ccc1N. The number of piperidine rings is 1. The summed E-state index contributed by atoms with van der Waals surface area (Å²) in [4.78, 5) is 6.84. The lowest BCUT2D eigenvalue weighted by Crippen LogP contribution is -2.43. The van der Waals surface area contributed by atoms with Crippen molar-refractivity contribution in [3.8, 4) is 5.88 Å². The number of nitrogen functional groups attached to an aromatic ring is 1. The van der Waals surface area contributed by atoms with Gasteiger partial charge >= 0.3 is 0 Å². The summed E-state index contributed by atoms with van der Waals surface area (Å²) in [6.45, 7) is 3.96. The molecule has 2 fully saturated rings. The van der Waals surface area contributed by atoms with E-state index in [2.05, 4.69) is 9.88 Å². The molecular weight excluding hydrogens is 254 g/mol. The molecule has 1 aromatic heterocycles. The molecular formula is C15H23N3O2. The molecule has 110 valence electrons. The second-order valence-corrected chi connectivity index (χ2v) is 5.87. The van der Waals surface area contributed by atoms with E-state index in [1.165, 1.54) is 25.7 Å². The van der Waals surface area contributed by atoms with E-state index in [4.69, 9.17) is 15.2 Å². The van der Waals surface area contributed by atoms with Crippen molar-refractivity contribution >= 4 is 11.5 Å². The summed E-state index contributed by atoms with van der Waals surface area (Å²) in [5.74, 6) is 1.49. The number of nitrogens with zero attached hydrogens (tertiary/aromatic N) is 2. The molecule has 5 nitrogen and oxygen atoms in total. The highest BCUT2D eigenvalue weighted by Crippen LogP contribution is 2.41. The van der Waals surface area contributed by atoms with Gasteiger partial charge in [0.2, 0.25) is 5.88 Å². The van der Waals surface area contributed by atoms with E-state index in [1.807, 2.05) is 12.1 Å². The van der Waals surface area contributed by atoms with E-state index in [-0.39, 0.29) is 0 Å². The molecule has 2 aliphatic heterocycles. The highest BCUT2D eigenvalue weighted by Gasteiger charge is 2.36. The van der Waals surface area contributed by atoms with Gasteiger partial charge in [-0.1, -0.05) is 0 Å². The number of ether oxygens (including phenoxy) is 2. The summed E-state index contributed by atoms with van der Waals surface area (Å²) in [5, 5.41) is 0. The quantitative estimate of drug-likeness (QED) is 0.896. The summed E-state index contributed by atoms with van der Waals surface area (Å²) in [7, 11) is 1.61. The summed E-state index contributed by atoms with van der Waals surface area (Å²) < 4.78 is 10.7. The molecule has 2 N–H and O–H groups in total. The van der Waals surface area contributed by atoms with Gasteiger partial charge in [-0.25, -0.2) is 0 Å². The molecule has 0 unspecified atom stereocenters. The van der Waals surface area contributed by atoms with Crippen LogP contribution in [0.3, 0.4) is 0 Å². The fraction of sp³-hybridized carbons (Fsp3) is 0.667. The Labute approximate surface area is 120 Å². The maximum absolute atomic E-state index is 5.82. The smallest absolute Gasteiger partial charge is 0.238 e. The lowest BCUT2D eigenvalue weighted by Gasteiger charge is -2.44. The minimum absolute atomic E-state index is 0.507. The molecule has 3 rings (SSSR count). The van der Waals surface area contributed by atoms with Crippen LogP contribution in [0, 0.1) is 5.41 Å². The van der Waals surface area contributed by atoms with Gasteiger partial charge in [-0.2, -0.15) is 4.98 Å². The molecule has 1 aromatic rings. The van der Waals surface area contributed by atoms with Crippen molar-refractivity contribution in [3.63, 3.8) is 0 Å². The fourth-order valence-corrected chi connectivity index (χ4v) is 3.30. The van der Waals surface area contributed by atoms with Gasteiger partial charge in [0.1, 0.15) is 5.82 Å². The number of hydrogen-bond donors (Lipinski definition) is 1. The zero-order chi connectivity index (χ0) is 14.0. The van der Waals surface area contributed by atoms with E-state index in [0.29, 0.717) is 17.0 Å². The molecule has 20 heavy (non-hydrogen) atoms. The minimum atomic E-state index is 0.507. The first-order valence-electron chi connectivity index (χ1n) is 7.36. The number of methoxy groups -OCH3 is 1. The third-order valence-corrected chi connectivity index (χ3v) is 4.77. The molecule has 0 aliphatic carbocycles. The zero-order valence-electron chi connectivity index (χ0n) is 12.1. The van der Waals surface area contributed by atoms with Gasteiger partial charge in [-0.05, 0) is 43.2 Å². The topological polar surface area (TPSA) is 60.6 Å². The maximum atomic E-state index is 5.82. The number of pyridine rings is 1. The summed E-state index contributed by atoms with van der Waals surface area (Å²) in [6.07, 6.45) is 4.87. The van der Waals surface area contributed by atoms with Crippen molar-refractivity contribution in [1.29, 1.82) is 0 Å². The van der Waals surface area contributed by atoms with Crippen LogP contribution in [0.2, 0.25) is 0 Å². The largest absolute Gasteiger partial charge is 0.479 e. The third kappa shape index (κ3) is 2.54. The van der Waals surface area contributed by atoms with Crippen LogP contribution in [0.5, 0.6) is 5.88 Å². The molecule has 5 heteroatoms. The van der Waals surface area contributed by atoms with Crippen LogP contribution < -0.4 is 15.4 Å². The van der Waals surface area contributed by atoms with Gasteiger partial charge in [-0.15, -0.1) is 0 Å². The van der Waals surface area contributed by atoms with Gasteiger partial charge in [0.25, 0.3) is 0 Å². The Hall–Kier alpha value is -1.49. The van der Waals surface area contributed by atoms with Gasteiger partial charge in [-0.3, -0.25) is 0 Å². The van der Waals surface area contributed by atoms with E-state index < -0.39 is 0 Å². The van der Waals surface area contributed by atoms with Crippen molar-refractivity contribution < 1.29 is 9.47 Å². The highest BCUT2D eigenvalue weighted by molar-refractivity contribution is 5.54. The predicted octanol–water partition coefficient (Wildman–Crippen LogP) is 2.07. The summed E-state index contributed by atoms with van der Waals surface area (Å²) in [5.41, 5.74) is 6.92. The van der Waals surface area contributed by atoms with Crippen molar-refractivity contribution in [2.24, 2.45) is 5.41 Å². The Morgan fingerprint density at radius 1 is 1.20 bits per heavy atom. The minimum Gasteiger partial charge on any atom is -0.479 e. The normalized spacial score (nSPS) is 21.9. The van der Waals surface area contributed by atoms with Crippen LogP contribution >= 0.6 is 0 Å². The van der Waals surface area contributed by atoms with Gasteiger partial charge in [0.05, 0.1) is 12.8 Å². The number of nitrogens with two attached hydrogens (primary N) is 1. The number of anilines is 2. The summed E-state index contributed by atoms with van der Waals surface area (Å²) in [6, 6.07) is 3.86. The van der Waals surface area contributed by atoms with Crippen LogP contribution in [0.25, 0.3) is 0 Å². The molecule has 0 radical (unpaired) electrons. The van der Waals surface area contributed by atoms with Crippen LogP contribution in [-0.2, 0) is 4.74 Å². The first-order valence-corrected chi connectivity index (χ1v) is 7.36. The molecule has 2 saturated heterocycles. The number of rotatable bonds is 2. The standard InChI is InChI=1S/C15H23N3O2/c1-19-14-12(16)2-3-13(17-14)18-8-4-15(5-9-18)6-10-20-11-7-15/h2-3H,4-11,16H2,1H3. The molecule has 0 saturated carbocycles. The average Bonchev–Trinajstić information content (AvgIpc) is 2.50. The Kier molecular flexibility index (Phi) is 3.70. The molecule has 3 heterocycles. The highest BCUT2D eigenvalue weighted by atomic mass is 16.5. The lowest BCUT2D eigenvalue weighted by atomic mass is 9.72. The Morgan fingerprint density at radius 2 is 1.90 bits per heavy atom. The molecule has 0 atom stereocenters. The fourth-order valence-electron chi connectivity index (χ4n) is 3.30. The van der Waals surface area contributed by atoms with Crippen LogP contribution in [0.4, 0.5) is 11.5 Å². The van der Waals surface area contributed by atoms with Crippen molar-refractivity contribution in [3.05, 3.63) is 12.1 Å². The monoisotopic (exact) mass is 277 g/mol. The van der Waals surface area contributed by atoms with Crippen LogP contribution in [0.15, 0.2) is 12.1 Å². The first kappa shape index (κ1) is 13.5. The summed E-state index contributed by atoms with van der Waals surface area (Å²) >= 11 is 0. The first-order chi connectivity index (χ1) is 9.72. The predicted molar refractivity (Wildman–Crippen MR) is 79.1 cm³/mol. The van der Waals surface area contributed by atoms with Crippen LogP contribution in [-0.4, -0.2) is 38.4 Å².